The molecule has 0 N–H and O–H groups in total. The van der Waals surface area contributed by atoms with Crippen LogP contribution in [0.4, 0.5) is 5.69 Å². The Morgan fingerprint density at radius 2 is 1.70 bits per heavy atom. The van der Waals surface area contributed by atoms with E-state index >= 15 is 0 Å². The molecule has 7 nitrogen and oxygen atoms in total. The van der Waals surface area contributed by atoms with E-state index in [4.69, 9.17) is 18.9 Å². The van der Waals surface area contributed by atoms with E-state index in [-0.39, 0.29) is 5.91 Å². The van der Waals surface area contributed by atoms with Crippen LogP contribution in [-0.2, 0) is 36.6 Å². The monoisotopic (exact) mass is 320 g/mol. The lowest BCUT2D eigenvalue weighted by molar-refractivity contribution is -0.213. The fourth-order valence-corrected chi connectivity index (χ4v) is 3.24. The van der Waals surface area contributed by atoms with E-state index in [1.54, 1.807) is 0 Å². The number of carbonyl (C=O) groups is 1. The molecule has 1 aliphatic rings. The van der Waals surface area contributed by atoms with Crippen molar-refractivity contribution in [2.45, 2.75) is 12.2 Å². The van der Waals surface area contributed by atoms with E-state index in [0.717, 1.165) is 10.9 Å². The molecule has 0 spiro atoms. The van der Waals surface area contributed by atoms with Gasteiger partial charge < -0.3 is 23.5 Å². The SMILES string of the molecule is COC(OC)N1C(=O)C(OC)(OC)c2c1ccc1c2ccn1C. The lowest BCUT2D eigenvalue weighted by Crippen LogP contribution is -2.48. The van der Waals surface area contributed by atoms with E-state index in [1.807, 2.05) is 36.0 Å². The van der Waals surface area contributed by atoms with Gasteiger partial charge in [-0.3, -0.25) is 9.69 Å². The maximum absolute atomic E-state index is 13.1. The van der Waals surface area contributed by atoms with Crippen molar-refractivity contribution in [3.8, 4) is 0 Å². The molecule has 1 aromatic heterocycles. The Labute approximate surface area is 134 Å². The summed E-state index contributed by atoms with van der Waals surface area (Å²) in [6.07, 6.45) is 1.06. The Bertz CT molecular complexity index is 746. The molecule has 0 fully saturated rings. The number of ether oxygens (including phenoxy) is 4. The molecule has 0 radical (unpaired) electrons. The predicted molar refractivity (Wildman–Crippen MR) is 83.9 cm³/mol. The molecule has 2 aromatic rings. The van der Waals surface area contributed by atoms with Crippen LogP contribution in [0.2, 0.25) is 0 Å². The van der Waals surface area contributed by atoms with E-state index < -0.39 is 12.2 Å². The first-order valence-electron chi connectivity index (χ1n) is 7.13. The van der Waals surface area contributed by atoms with Gasteiger partial charge in [0.15, 0.2) is 0 Å². The van der Waals surface area contributed by atoms with Gasteiger partial charge in [-0.1, -0.05) is 0 Å². The highest BCUT2D eigenvalue weighted by Crippen LogP contribution is 2.47. The maximum Gasteiger partial charge on any atom is 0.296 e. The van der Waals surface area contributed by atoms with Crippen LogP contribution in [0.3, 0.4) is 0 Å². The minimum atomic E-state index is -1.52. The highest BCUT2D eigenvalue weighted by atomic mass is 16.7. The Balaban J connectivity index is 2.34. The van der Waals surface area contributed by atoms with Gasteiger partial charge in [-0.05, 0) is 18.2 Å². The number of aryl methyl sites for hydroxylation is 1. The molecule has 1 amide bonds. The van der Waals surface area contributed by atoms with Gasteiger partial charge in [0.05, 0.1) is 11.3 Å². The summed E-state index contributed by atoms with van der Waals surface area (Å²) in [6, 6.07) is 5.73. The third-order valence-electron chi connectivity index (χ3n) is 4.32. The molecule has 124 valence electrons. The number of aromatic nitrogens is 1. The van der Waals surface area contributed by atoms with Crippen LogP contribution in [0.15, 0.2) is 24.4 Å². The lowest BCUT2D eigenvalue weighted by Gasteiger charge is -2.28. The van der Waals surface area contributed by atoms with Gasteiger partial charge in [-0.25, -0.2) is 0 Å². The molecule has 0 saturated carbocycles. The van der Waals surface area contributed by atoms with Crippen molar-refractivity contribution in [2.75, 3.05) is 33.3 Å². The lowest BCUT2D eigenvalue weighted by atomic mass is 10.0. The molecule has 0 saturated heterocycles. The van der Waals surface area contributed by atoms with E-state index in [2.05, 4.69) is 0 Å². The van der Waals surface area contributed by atoms with Crippen molar-refractivity contribution in [1.29, 1.82) is 0 Å². The average Bonchev–Trinajstić information content (AvgIpc) is 3.06. The summed E-state index contributed by atoms with van der Waals surface area (Å²) >= 11 is 0. The number of rotatable bonds is 5. The smallest absolute Gasteiger partial charge is 0.296 e. The first-order chi connectivity index (χ1) is 11.1. The van der Waals surface area contributed by atoms with E-state index in [1.165, 1.54) is 33.3 Å². The van der Waals surface area contributed by atoms with Crippen molar-refractivity contribution in [1.82, 2.24) is 4.57 Å². The average molecular weight is 320 g/mol. The number of carbonyl (C=O) groups excluding carboxylic acids is 1. The summed E-state index contributed by atoms with van der Waals surface area (Å²) in [7, 11) is 7.79. The highest BCUT2D eigenvalue weighted by Gasteiger charge is 2.56. The first-order valence-corrected chi connectivity index (χ1v) is 7.13. The summed E-state index contributed by atoms with van der Waals surface area (Å²) < 4.78 is 23.6. The van der Waals surface area contributed by atoms with Crippen molar-refractivity contribution in [2.24, 2.45) is 7.05 Å². The van der Waals surface area contributed by atoms with Crippen LogP contribution in [0, 0.1) is 0 Å². The van der Waals surface area contributed by atoms with Crippen LogP contribution >= 0.6 is 0 Å². The molecule has 23 heavy (non-hydrogen) atoms. The zero-order valence-electron chi connectivity index (χ0n) is 13.8. The number of amides is 1. The number of hydrogen-bond donors (Lipinski definition) is 0. The molecule has 0 bridgehead atoms. The number of fused-ring (bicyclic) bond motifs is 3. The standard InChI is InChI=1S/C16H20N2O5/c1-17-9-8-10-11(17)6-7-12-13(10)16(22-4,23-5)14(19)18(12)15(20-2)21-3/h6-9,15H,1-5H3. The predicted octanol–water partition coefficient (Wildman–Crippen LogP) is 1.55. The number of nitrogens with zero attached hydrogens (tertiary/aromatic N) is 2. The quantitative estimate of drug-likeness (QED) is 0.782. The Morgan fingerprint density at radius 3 is 2.26 bits per heavy atom. The Morgan fingerprint density at radius 1 is 1.04 bits per heavy atom. The third-order valence-corrected chi connectivity index (χ3v) is 4.32. The van der Waals surface area contributed by atoms with Crippen LogP contribution in [0.1, 0.15) is 5.56 Å². The van der Waals surface area contributed by atoms with Crippen molar-refractivity contribution >= 4 is 22.5 Å². The number of benzene rings is 1. The molecule has 1 aliphatic heterocycles. The third kappa shape index (κ3) is 1.94. The summed E-state index contributed by atoms with van der Waals surface area (Å²) in [5, 5.41) is 0.885. The second kappa shape index (κ2) is 5.61. The van der Waals surface area contributed by atoms with Gasteiger partial charge in [0.1, 0.15) is 0 Å². The molecule has 2 heterocycles. The van der Waals surface area contributed by atoms with Crippen molar-refractivity contribution < 1.29 is 23.7 Å². The molecule has 0 aliphatic carbocycles. The Hall–Kier alpha value is -1.93. The van der Waals surface area contributed by atoms with Crippen molar-refractivity contribution in [3.05, 3.63) is 30.0 Å². The van der Waals surface area contributed by atoms with Gasteiger partial charge in [-0.15, -0.1) is 0 Å². The van der Waals surface area contributed by atoms with Gasteiger partial charge in [0, 0.05) is 52.6 Å². The summed E-state index contributed by atoms with van der Waals surface area (Å²) in [5.41, 5.74) is 2.28. The van der Waals surface area contributed by atoms with Gasteiger partial charge in [-0.2, -0.15) is 0 Å². The van der Waals surface area contributed by atoms with E-state index in [0.29, 0.717) is 11.3 Å². The second-order valence-corrected chi connectivity index (χ2v) is 5.30. The number of hydrogen-bond acceptors (Lipinski definition) is 5. The molecule has 7 heteroatoms. The molecular formula is C16H20N2O5. The zero-order valence-corrected chi connectivity index (χ0v) is 13.8. The van der Waals surface area contributed by atoms with Gasteiger partial charge in [0.25, 0.3) is 11.7 Å². The normalized spacial score (nSPS) is 16.6. The molecule has 0 atom stereocenters. The minimum absolute atomic E-state index is 0.387. The van der Waals surface area contributed by atoms with E-state index in [9.17, 15) is 4.79 Å². The number of methoxy groups -OCH3 is 4. The van der Waals surface area contributed by atoms with Gasteiger partial charge in [0.2, 0.25) is 6.41 Å². The summed E-state index contributed by atoms with van der Waals surface area (Å²) in [6.45, 7) is 0. The summed E-state index contributed by atoms with van der Waals surface area (Å²) in [4.78, 5) is 14.5. The van der Waals surface area contributed by atoms with Crippen LogP contribution in [0.25, 0.3) is 10.9 Å². The highest BCUT2D eigenvalue weighted by molar-refractivity contribution is 6.11. The van der Waals surface area contributed by atoms with Crippen LogP contribution in [-0.4, -0.2) is 45.3 Å². The summed E-state index contributed by atoms with van der Waals surface area (Å²) in [5.74, 6) is -1.91. The number of anilines is 1. The van der Waals surface area contributed by atoms with Crippen LogP contribution in [0.5, 0.6) is 0 Å². The molecule has 3 rings (SSSR count). The molecule has 0 unspecified atom stereocenters. The Kier molecular flexibility index (Phi) is 3.89. The van der Waals surface area contributed by atoms with Gasteiger partial charge >= 0.3 is 0 Å². The van der Waals surface area contributed by atoms with Crippen molar-refractivity contribution in [3.63, 3.8) is 0 Å². The largest absolute Gasteiger partial charge is 0.351 e. The fraction of sp³-hybridized carbons (Fsp3) is 0.438. The maximum atomic E-state index is 13.1. The fourth-order valence-electron chi connectivity index (χ4n) is 3.24. The molecular weight excluding hydrogens is 300 g/mol. The second-order valence-electron chi connectivity index (χ2n) is 5.30. The van der Waals surface area contributed by atoms with Crippen LogP contribution < -0.4 is 4.90 Å². The zero-order chi connectivity index (χ0) is 16.8. The molecule has 1 aromatic carbocycles. The minimum Gasteiger partial charge on any atom is -0.351 e. The first kappa shape index (κ1) is 15.9. The topological polar surface area (TPSA) is 62.2 Å².